The van der Waals surface area contributed by atoms with Crippen molar-refractivity contribution in [2.75, 3.05) is 18.9 Å². The summed E-state index contributed by atoms with van der Waals surface area (Å²) in [6.45, 7) is 3.43. The second-order valence-corrected chi connectivity index (χ2v) is 8.69. The normalized spacial score (nSPS) is 22.0. The fourth-order valence-electron chi connectivity index (χ4n) is 3.32. The number of hydrogen-bond acceptors (Lipinski definition) is 4. The van der Waals surface area contributed by atoms with Crippen molar-refractivity contribution in [2.24, 2.45) is 5.92 Å². The van der Waals surface area contributed by atoms with Gasteiger partial charge in [0.05, 0.1) is 16.8 Å². The van der Waals surface area contributed by atoms with Crippen LogP contribution in [0.2, 0.25) is 0 Å². The van der Waals surface area contributed by atoms with E-state index >= 15 is 0 Å². The number of hydrogen-bond donors (Lipinski definition) is 1. The molecule has 4 nitrogen and oxygen atoms in total. The van der Waals surface area contributed by atoms with E-state index in [9.17, 15) is 8.42 Å². The summed E-state index contributed by atoms with van der Waals surface area (Å²) >= 11 is 0. The van der Waals surface area contributed by atoms with Crippen molar-refractivity contribution in [1.82, 2.24) is 5.32 Å². The Morgan fingerprint density at radius 1 is 1.08 bits per heavy atom. The van der Waals surface area contributed by atoms with Crippen LogP contribution in [0.25, 0.3) is 0 Å². The molecule has 0 aliphatic carbocycles. The Hall–Kier alpha value is -1.69. The Morgan fingerprint density at radius 2 is 1.72 bits per heavy atom. The molecule has 0 spiro atoms. The minimum Gasteiger partial charge on any atom is -0.373 e. The average Bonchev–Trinajstić information content (AvgIpc) is 3.10. The Morgan fingerprint density at radius 3 is 2.40 bits per heavy atom. The van der Waals surface area contributed by atoms with Crippen molar-refractivity contribution in [3.8, 4) is 0 Å². The molecule has 5 heteroatoms. The van der Waals surface area contributed by atoms with Crippen LogP contribution in [0.1, 0.15) is 25.0 Å². The lowest BCUT2D eigenvalue weighted by Gasteiger charge is -2.22. The highest BCUT2D eigenvalue weighted by Crippen LogP contribution is 2.33. The van der Waals surface area contributed by atoms with E-state index in [1.54, 1.807) is 24.3 Å². The molecule has 3 rings (SSSR count). The summed E-state index contributed by atoms with van der Waals surface area (Å²) in [6, 6.07) is 18.8. The topological polar surface area (TPSA) is 55.4 Å². The van der Waals surface area contributed by atoms with Crippen molar-refractivity contribution in [3.63, 3.8) is 0 Å². The van der Waals surface area contributed by atoms with Crippen LogP contribution in [0.5, 0.6) is 0 Å². The van der Waals surface area contributed by atoms with E-state index in [0.29, 0.717) is 10.8 Å². The molecule has 1 saturated heterocycles. The van der Waals surface area contributed by atoms with Crippen molar-refractivity contribution in [2.45, 2.75) is 30.4 Å². The van der Waals surface area contributed by atoms with Gasteiger partial charge in [0, 0.05) is 25.1 Å². The largest absolute Gasteiger partial charge is 0.373 e. The lowest BCUT2D eigenvalue weighted by atomic mass is 9.95. The maximum atomic E-state index is 12.5. The smallest absolute Gasteiger partial charge is 0.179 e. The van der Waals surface area contributed by atoms with Gasteiger partial charge in [-0.2, -0.15) is 0 Å². The molecule has 0 amide bonds. The van der Waals surface area contributed by atoms with Crippen LogP contribution in [0.3, 0.4) is 0 Å². The molecule has 3 atom stereocenters. The Bertz CT molecular complexity index is 762. The molecule has 0 unspecified atom stereocenters. The Balaban J connectivity index is 1.56. The number of ether oxygens (including phenoxy) is 1. The molecule has 0 saturated carbocycles. The molecule has 134 valence electrons. The third kappa shape index (κ3) is 4.69. The van der Waals surface area contributed by atoms with E-state index in [1.165, 1.54) is 5.56 Å². The number of nitrogens with one attached hydrogen (secondary N) is 1. The van der Waals surface area contributed by atoms with Crippen LogP contribution in [-0.2, 0) is 14.6 Å². The average molecular weight is 359 g/mol. The van der Waals surface area contributed by atoms with Crippen LogP contribution in [-0.4, -0.2) is 33.4 Å². The molecule has 25 heavy (non-hydrogen) atoms. The fourth-order valence-corrected chi connectivity index (χ4v) is 4.86. The standard InChI is InChI=1S/C20H25NO3S/c1-16(15-25(22,23)19-10-6-3-7-11-19)21-14-18-12-13-24-20(18)17-8-4-2-5-9-17/h2-11,16,18,20-21H,12-15H2,1H3/t16-,18+,20+/m0/s1. The van der Waals surface area contributed by atoms with Gasteiger partial charge in [0.1, 0.15) is 0 Å². The maximum Gasteiger partial charge on any atom is 0.179 e. The SMILES string of the molecule is C[C@@H](CS(=O)(=O)c1ccccc1)NC[C@H]1CCO[C@@H]1c1ccccc1. The highest BCUT2D eigenvalue weighted by Gasteiger charge is 2.30. The first-order chi connectivity index (χ1) is 12.1. The Kier molecular flexibility index (Phi) is 5.89. The lowest BCUT2D eigenvalue weighted by molar-refractivity contribution is 0.0901. The van der Waals surface area contributed by atoms with Gasteiger partial charge in [-0.25, -0.2) is 8.42 Å². The molecular weight excluding hydrogens is 334 g/mol. The first-order valence-electron chi connectivity index (χ1n) is 8.74. The van der Waals surface area contributed by atoms with Crippen molar-refractivity contribution >= 4 is 9.84 Å². The van der Waals surface area contributed by atoms with Gasteiger partial charge >= 0.3 is 0 Å². The summed E-state index contributed by atoms with van der Waals surface area (Å²) in [4.78, 5) is 0.384. The highest BCUT2D eigenvalue weighted by molar-refractivity contribution is 7.91. The maximum absolute atomic E-state index is 12.5. The van der Waals surface area contributed by atoms with Gasteiger partial charge in [-0.1, -0.05) is 48.5 Å². The fraction of sp³-hybridized carbons (Fsp3) is 0.400. The summed E-state index contributed by atoms with van der Waals surface area (Å²) in [6.07, 6.45) is 1.08. The quantitative estimate of drug-likeness (QED) is 0.825. The number of rotatable bonds is 7. The van der Waals surface area contributed by atoms with E-state index in [1.807, 2.05) is 31.2 Å². The van der Waals surface area contributed by atoms with E-state index in [2.05, 4.69) is 17.4 Å². The molecule has 0 aromatic heterocycles. The molecule has 2 aromatic rings. The van der Waals surface area contributed by atoms with E-state index in [0.717, 1.165) is 19.6 Å². The molecule has 0 bridgehead atoms. The molecule has 1 fully saturated rings. The van der Waals surface area contributed by atoms with Gasteiger partial charge in [0.2, 0.25) is 0 Å². The van der Waals surface area contributed by atoms with Crippen molar-refractivity contribution < 1.29 is 13.2 Å². The number of sulfone groups is 1. The van der Waals surface area contributed by atoms with Gasteiger partial charge in [0.25, 0.3) is 0 Å². The molecule has 1 aliphatic rings. The van der Waals surface area contributed by atoms with Crippen molar-refractivity contribution in [3.05, 3.63) is 66.2 Å². The summed E-state index contributed by atoms with van der Waals surface area (Å²) < 4.78 is 30.8. The van der Waals surface area contributed by atoms with Crippen LogP contribution in [0, 0.1) is 5.92 Å². The molecule has 0 radical (unpaired) electrons. The lowest BCUT2D eigenvalue weighted by Crippen LogP contribution is -2.37. The van der Waals surface area contributed by atoms with E-state index in [-0.39, 0.29) is 17.9 Å². The molecule has 1 N–H and O–H groups in total. The zero-order chi connectivity index (χ0) is 17.7. The van der Waals surface area contributed by atoms with Gasteiger partial charge < -0.3 is 10.1 Å². The van der Waals surface area contributed by atoms with Gasteiger partial charge in [-0.3, -0.25) is 0 Å². The zero-order valence-electron chi connectivity index (χ0n) is 14.5. The molecule has 1 heterocycles. The van der Waals surface area contributed by atoms with E-state index < -0.39 is 9.84 Å². The monoisotopic (exact) mass is 359 g/mol. The van der Waals surface area contributed by atoms with Gasteiger partial charge in [-0.15, -0.1) is 0 Å². The Labute approximate surface area is 150 Å². The zero-order valence-corrected chi connectivity index (χ0v) is 15.3. The number of benzene rings is 2. The second-order valence-electron chi connectivity index (χ2n) is 6.65. The van der Waals surface area contributed by atoms with Crippen LogP contribution >= 0.6 is 0 Å². The summed E-state index contributed by atoms with van der Waals surface area (Å²) in [5, 5.41) is 3.39. The molecule has 1 aliphatic heterocycles. The first-order valence-corrected chi connectivity index (χ1v) is 10.4. The first kappa shape index (κ1) is 18.1. The third-order valence-corrected chi connectivity index (χ3v) is 6.57. The van der Waals surface area contributed by atoms with Gasteiger partial charge in [0.15, 0.2) is 9.84 Å². The van der Waals surface area contributed by atoms with E-state index in [4.69, 9.17) is 4.74 Å². The highest BCUT2D eigenvalue weighted by atomic mass is 32.2. The second kappa shape index (κ2) is 8.13. The van der Waals surface area contributed by atoms with Gasteiger partial charge in [-0.05, 0) is 31.0 Å². The summed E-state index contributed by atoms with van der Waals surface area (Å²) in [5.41, 5.74) is 1.19. The predicted octanol–water partition coefficient (Wildman–Crippen LogP) is 3.22. The third-order valence-electron chi connectivity index (χ3n) is 4.64. The van der Waals surface area contributed by atoms with Crippen LogP contribution in [0.4, 0.5) is 0 Å². The minimum atomic E-state index is -3.26. The minimum absolute atomic E-state index is 0.0895. The molecular formula is C20H25NO3S. The predicted molar refractivity (Wildman–Crippen MR) is 99.2 cm³/mol. The molecule has 2 aromatic carbocycles. The summed E-state index contributed by atoms with van der Waals surface area (Å²) in [5.74, 6) is 0.463. The summed E-state index contributed by atoms with van der Waals surface area (Å²) in [7, 11) is -3.26. The van der Waals surface area contributed by atoms with Crippen LogP contribution in [0.15, 0.2) is 65.6 Å². The van der Waals surface area contributed by atoms with Crippen LogP contribution < -0.4 is 5.32 Å². The van der Waals surface area contributed by atoms with Crippen molar-refractivity contribution in [1.29, 1.82) is 0 Å².